The van der Waals surface area contributed by atoms with E-state index in [1.54, 1.807) is 50.4 Å². The molecule has 134 valence electrons. The average Bonchev–Trinajstić information content (AvgIpc) is 2.63. The predicted molar refractivity (Wildman–Crippen MR) is 101 cm³/mol. The zero-order chi connectivity index (χ0) is 18.7. The fourth-order valence-electron chi connectivity index (χ4n) is 2.50. The van der Waals surface area contributed by atoms with Gasteiger partial charge in [-0.3, -0.25) is 4.79 Å². The van der Waals surface area contributed by atoms with Crippen LogP contribution in [-0.2, 0) is 0 Å². The Morgan fingerprint density at radius 1 is 1.15 bits per heavy atom. The molecule has 1 heterocycles. The smallest absolute Gasteiger partial charge is 0.235 e. The zero-order valence-corrected chi connectivity index (χ0v) is 15.0. The van der Waals surface area contributed by atoms with Gasteiger partial charge in [-0.05, 0) is 43.7 Å². The topological polar surface area (TPSA) is 57.9 Å². The molecule has 0 aliphatic heterocycles. The van der Waals surface area contributed by atoms with Gasteiger partial charge in [0.1, 0.15) is 23.7 Å². The summed E-state index contributed by atoms with van der Waals surface area (Å²) < 4.78 is 22.5. The molecule has 0 unspecified atom stereocenters. The molecule has 0 radical (unpaired) electrons. The van der Waals surface area contributed by atoms with Crippen molar-refractivity contribution < 1.29 is 18.6 Å². The van der Waals surface area contributed by atoms with Gasteiger partial charge in [-0.15, -0.1) is 0 Å². The van der Waals surface area contributed by atoms with Gasteiger partial charge in [-0.25, -0.2) is 0 Å². The van der Waals surface area contributed by atoms with Crippen molar-refractivity contribution in [2.24, 2.45) is 0 Å². The van der Waals surface area contributed by atoms with Crippen molar-refractivity contribution >= 4 is 11.0 Å². The molecule has 5 nitrogen and oxygen atoms in total. The second kappa shape index (κ2) is 7.35. The van der Waals surface area contributed by atoms with Gasteiger partial charge in [0.2, 0.25) is 11.2 Å². The Hall–Kier alpha value is -3.21. The van der Waals surface area contributed by atoms with Gasteiger partial charge in [-0.1, -0.05) is 18.7 Å². The molecule has 0 atom stereocenters. The first-order chi connectivity index (χ1) is 12.5. The van der Waals surface area contributed by atoms with E-state index in [1.807, 2.05) is 13.0 Å². The summed E-state index contributed by atoms with van der Waals surface area (Å²) in [4.78, 5) is 12.8. The van der Waals surface area contributed by atoms with Crippen molar-refractivity contribution in [1.82, 2.24) is 0 Å². The quantitative estimate of drug-likeness (QED) is 0.593. The molecule has 5 heteroatoms. The highest BCUT2D eigenvalue weighted by molar-refractivity contribution is 5.79. The third-order valence-electron chi connectivity index (χ3n) is 3.75. The molecule has 1 aromatic heterocycles. The second-order valence-corrected chi connectivity index (χ2v) is 5.97. The first kappa shape index (κ1) is 17.6. The minimum absolute atomic E-state index is 0.137. The highest BCUT2D eigenvalue weighted by Gasteiger charge is 2.16. The number of methoxy groups -OCH3 is 1. The molecule has 0 aliphatic rings. The first-order valence-electron chi connectivity index (χ1n) is 8.15. The van der Waals surface area contributed by atoms with Crippen LogP contribution in [0.4, 0.5) is 0 Å². The molecule has 3 rings (SSSR count). The molecule has 0 fully saturated rings. The van der Waals surface area contributed by atoms with Gasteiger partial charge in [0, 0.05) is 6.07 Å². The maximum absolute atomic E-state index is 12.8. The molecule has 0 spiro atoms. The van der Waals surface area contributed by atoms with Crippen LogP contribution in [0.1, 0.15) is 12.7 Å². The Labute approximate surface area is 151 Å². The van der Waals surface area contributed by atoms with Crippen LogP contribution in [0.15, 0.2) is 63.8 Å². The van der Waals surface area contributed by atoms with Gasteiger partial charge < -0.3 is 18.6 Å². The van der Waals surface area contributed by atoms with Crippen LogP contribution in [0.2, 0.25) is 0 Å². The van der Waals surface area contributed by atoms with Crippen LogP contribution in [0.5, 0.6) is 23.0 Å². The van der Waals surface area contributed by atoms with Crippen molar-refractivity contribution in [1.29, 1.82) is 0 Å². The van der Waals surface area contributed by atoms with E-state index >= 15 is 0 Å². The molecule has 0 N–H and O–H groups in total. The van der Waals surface area contributed by atoms with Gasteiger partial charge in [-0.2, -0.15) is 0 Å². The SMILES string of the molecule is C=C(C)COc1ccc2c(=O)c(Oc3ccccc3OC)c(C)oc2c1. The molecule has 0 saturated heterocycles. The van der Waals surface area contributed by atoms with Crippen molar-refractivity contribution in [2.45, 2.75) is 13.8 Å². The summed E-state index contributed by atoms with van der Waals surface area (Å²) >= 11 is 0. The minimum Gasteiger partial charge on any atom is -0.493 e. The highest BCUT2D eigenvalue weighted by atomic mass is 16.5. The number of rotatable bonds is 6. The number of benzene rings is 2. The molecule has 0 saturated carbocycles. The number of aryl methyl sites for hydroxylation is 1. The summed E-state index contributed by atoms with van der Waals surface area (Å²) in [5.41, 5.74) is 1.10. The molecule has 0 aliphatic carbocycles. The molecule has 0 amide bonds. The largest absolute Gasteiger partial charge is 0.493 e. The van der Waals surface area contributed by atoms with Crippen molar-refractivity contribution in [3.8, 4) is 23.0 Å². The Morgan fingerprint density at radius 3 is 2.58 bits per heavy atom. The summed E-state index contributed by atoms with van der Waals surface area (Å²) in [5, 5.41) is 0.420. The normalized spacial score (nSPS) is 10.6. The van der Waals surface area contributed by atoms with Gasteiger partial charge in [0.25, 0.3) is 0 Å². The van der Waals surface area contributed by atoms with Crippen LogP contribution in [-0.4, -0.2) is 13.7 Å². The van der Waals surface area contributed by atoms with Crippen molar-refractivity contribution in [3.63, 3.8) is 0 Å². The zero-order valence-electron chi connectivity index (χ0n) is 15.0. The van der Waals surface area contributed by atoms with E-state index < -0.39 is 0 Å². The number of ether oxygens (including phenoxy) is 3. The number of para-hydroxylation sites is 2. The summed E-state index contributed by atoms with van der Waals surface area (Å²) in [6.07, 6.45) is 0. The third-order valence-corrected chi connectivity index (χ3v) is 3.75. The lowest BCUT2D eigenvalue weighted by molar-refractivity contribution is 0.352. The fraction of sp³-hybridized carbons (Fsp3) is 0.190. The molecule has 2 aromatic carbocycles. The summed E-state index contributed by atoms with van der Waals surface area (Å²) in [5.74, 6) is 2.12. The van der Waals surface area contributed by atoms with Crippen LogP contribution < -0.4 is 19.6 Å². The van der Waals surface area contributed by atoms with Crippen LogP contribution in [0.3, 0.4) is 0 Å². The fourth-order valence-corrected chi connectivity index (χ4v) is 2.50. The summed E-state index contributed by atoms with van der Waals surface area (Å²) in [7, 11) is 1.55. The minimum atomic E-state index is -0.249. The third kappa shape index (κ3) is 3.57. The summed E-state index contributed by atoms with van der Waals surface area (Å²) in [6.45, 7) is 7.78. The van der Waals surface area contributed by atoms with E-state index in [4.69, 9.17) is 18.6 Å². The van der Waals surface area contributed by atoms with Gasteiger partial charge in [0.15, 0.2) is 11.5 Å². The van der Waals surface area contributed by atoms with Crippen LogP contribution in [0, 0.1) is 6.92 Å². The van der Waals surface area contributed by atoms with Crippen LogP contribution >= 0.6 is 0 Å². The van der Waals surface area contributed by atoms with Gasteiger partial charge in [0.05, 0.1) is 12.5 Å². The Balaban J connectivity index is 2.01. The Kier molecular flexibility index (Phi) is 4.98. The van der Waals surface area contributed by atoms with E-state index in [-0.39, 0.29) is 11.2 Å². The van der Waals surface area contributed by atoms with Crippen molar-refractivity contribution in [2.75, 3.05) is 13.7 Å². The standard InChI is InChI=1S/C21H20O5/c1-13(2)12-24-15-9-10-16-19(11-15)25-14(3)21(20(16)22)26-18-8-6-5-7-17(18)23-4/h5-11H,1,12H2,2-4H3. The summed E-state index contributed by atoms with van der Waals surface area (Å²) in [6, 6.07) is 12.2. The molecular weight excluding hydrogens is 332 g/mol. The molecule has 0 bridgehead atoms. The maximum Gasteiger partial charge on any atom is 0.235 e. The van der Waals surface area contributed by atoms with Crippen molar-refractivity contribution in [3.05, 3.63) is 70.6 Å². The van der Waals surface area contributed by atoms with E-state index in [1.165, 1.54) is 0 Å². The van der Waals surface area contributed by atoms with E-state index in [0.29, 0.717) is 40.6 Å². The Morgan fingerprint density at radius 2 is 1.88 bits per heavy atom. The molecule has 26 heavy (non-hydrogen) atoms. The first-order valence-corrected chi connectivity index (χ1v) is 8.15. The van der Waals surface area contributed by atoms with Crippen LogP contribution in [0.25, 0.3) is 11.0 Å². The lowest BCUT2D eigenvalue weighted by Gasteiger charge is -2.12. The molecular formula is C21H20O5. The van der Waals surface area contributed by atoms with Gasteiger partial charge >= 0.3 is 0 Å². The average molecular weight is 352 g/mol. The van der Waals surface area contributed by atoms with E-state index in [9.17, 15) is 4.79 Å². The number of hydrogen-bond donors (Lipinski definition) is 0. The predicted octanol–water partition coefficient (Wildman–Crippen LogP) is 4.86. The maximum atomic E-state index is 12.8. The highest BCUT2D eigenvalue weighted by Crippen LogP contribution is 2.32. The monoisotopic (exact) mass is 352 g/mol. The number of hydrogen-bond acceptors (Lipinski definition) is 5. The van der Waals surface area contributed by atoms with E-state index in [2.05, 4.69) is 6.58 Å². The lowest BCUT2D eigenvalue weighted by Crippen LogP contribution is -2.08. The Bertz CT molecular complexity index is 1020. The second-order valence-electron chi connectivity index (χ2n) is 5.97. The van der Waals surface area contributed by atoms with E-state index in [0.717, 1.165) is 5.57 Å². The molecule has 3 aromatic rings. The lowest BCUT2D eigenvalue weighted by atomic mass is 10.2. The number of fused-ring (bicyclic) bond motifs is 1.